The summed E-state index contributed by atoms with van der Waals surface area (Å²) in [6.07, 6.45) is 1.73. The first kappa shape index (κ1) is 22.9. The van der Waals surface area contributed by atoms with Crippen LogP contribution in [0.5, 0.6) is 0 Å². The average molecular weight is 490 g/mol. The molecule has 3 N–H and O–H groups in total. The SMILES string of the molecule is CCS(=O)(=O)Nc1ccccc1-c1ccc2cnc(Nc3ccc4nc(C(C)(C)C)[nH]c4c3)nn12. The van der Waals surface area contributed by atoms with E-state index in [9.17, 15) is 8.42 Å². The number of aromatic nitrogens is 5. The van der Waals surface area contributed by atoms with Gasteiger partial charge in [-0.1, -0.05) is 39.0 Å². The number of fused-ring (bicyclic) bond motifs is 2. The van der Waals surface area contributed by atoms with Gasteiger partial charge in [-0.05, 0) is 43.3 Å². The second-order valence-corrected chi connectivity index (χ2v) is 11.4. The van der Waals surface area contributed by atoms with E-state index < -0.39 is 10.0 Å². The van der Waals surface area contributed by atoms with Gasteiger partial charge in [-0.15, -0.1) is 5.10 Å². The van der Waals surface area contributed by atoms with Gasteiger partial charge in [0.15, 0.2) is 0 Å². The molecule has 0 unspecified atom stereocenters. The van der Waals surface area contributed by atoms with Crippen molar-refractivity contribution in [1.82, 2.24) is 24.6 Å². The van der Waals surface area contributed by atoms with Crippen molar-refractivity contribution >= 4 is 43.9 Å². The molecule has 0 bridgehead atoms. The number of hydrogen-bond acceptors (Lipinski definition) is 6. The van der Waals surface area contributed by atoms with Gasteiger partial charge in [0.1, 0.15) is 5.82 Å². The second kappa shape index (κ2) is 8.38. The van der Waals surface area contributed by atoms with Crippen molar-refractivity contribution in [3.8, 4) is 11.3 Å². The fourth-order valence-corrected chi connectivity index (χ4v) is 4.43. The van der Waals surface area contributed by atoms with E-state index in [1.165, 1.54) is 0 Å². The lowest BCUT2D eigenvalue weighted by atomic mass is 9.96. The summed E-state index contributed by atoms with van der Waals surface area (Å²) in [6.45, 7) is 7.96. The third-order valence-corrected chi connectivity index (χ3v) is 6.99. The van der Waals surface area contributed by atoms with E-state index in [1.54, 1.807) is 29.8 Å². The van der Waals surface area contributed by atoms with Crippen molar-refractivity contribution in [3.63, 3.8) is 0 Å². The molecule has 35 heavy (non-hydrogen) atoms. The minimum atomic E-state index is -3.43. The normalized spacial score (nSPS) is 12.3. The van der Waals surface area contributed by atoms with Gasteiger partial charge in [0.05, 0.1) is 39.9 Å². The maximum absolute atomic E-state index is 12.2. The van der Waals surface area contributed by atoms with E-state index in [1.807, 2.05) is 42.5 Å². The number of benzene rings is 2. The summed E-state index contributed by atoms with van der Waals surface area (Å²) in [4.78, 5) is 12.5. The summed E-state index contributed by atoms with van der Waals surface area (Å²) < 4.78 is 28.8. The summed E-state index contributed by atoms with van der Waals surface area (Å²) in [7, 11) is -3.43. The van der Waals surface area contributed by atoms with Gasteiger partial charge in [0.25, 0.3) is 0 Å². The quantitative estimate of drug-likeness (QED) is 0.306. The van der Waals surface area contributed by atoms with Gasteiger partial charge in [-0.3, -0.25) is 4.72 Å². The average Bonchev–Trinajstić information content (AvgIpc) is 3.43. The molecule has 0 aliphatic heterocycles. The molecule has 0 radical (unpaired) electrons. The summed E-state index contributed by atoms with van der Waals surface area (Å²) >= 11 is 0. The number of nitrogens with zero attached hydrogens (tertiary/aromatic N) is 4. The van der Waals surface area contributed by atoms with E-state index in [4.69, 9.17) is 0 Å². The lowest BCUT2D eigenvalue weighted by molar-refractivity contribution is 0.554. The second-order valence-electron chi connectivity index (χ2n) is 9.38. The number of anilines is 3. The smallest absolute Gasteiger partial charge is 0.245 e. The van der Waals surface area contributed by atoms with Crippen LogP contribution in [0.3, 0.4) is 0 Å². The predicted molar refractivity (Wildman–Crippen MR) is 140 cm³/mol. The molecular formula is C25H27N7O2S. The van der Waals surface area contributed by atoms with Gasteiger partial charge in [-0.25, -0.2) is 22.9 Å². The number of sulfonamides is 1. The van der Waals surface area contributed by atoms with Crippen LogP contribution in [0.15, 0.2) is 60.8 Å². The Labute approximate surface area is 203 Å². The van der Waals surface area contributed by atoms with Crippen LogP contribution in [0.2, 0.25) is 0 Å². The lowest BCUT2D eigenvalue weighted by Crippen LogP contribution is -2.15. The monoisotopic (exact) mass is 489 g/mol. The standard InChI is InChI=1S/C25H27N7O2S/c1-5-35(33,34)31-19-9-7-6-8-18(19)22-13-11-17-15-26-24(30-32(17)22)27-16-10-12-20-21(14-16)29-23(28-20)25(2,3)4/h6-15,31H,5H2,1-4H3,(H,27,30)(H,28,29). The first-order valence-electron chi connectivity index (χ1n) is 11.3. The molecule has 3 aromatic heterocycles. The van der Waals surface area contributed by atoms with E-state index >= 15 is 0 Å². The van der Waals surface area contributed by atoms with E-state index in [0.717, 1.165) is 39.3 Å². The molecule has 3 heterocycles. The highest BCUT2D eigenvalue weighted by molar-refractivity contribution is 7.92. The highest BCUT2D eigenvalue weighted by Gasteiger charge is 2.18. The van der Waals surface area contributed by atoms with Crippen molar-refractivity contribution in [2.45, 2.75) is 33.1 Å². The minimum absolute atomic E-state index is 0.00953. The van der Waals surface area contributed by atoms with Gasteiger partial charge >= 0.3 is 0 Å². The zero-order valence-electron chi connectivity index (χ0n) is 20.0. The molecule has 0 amide bonds. The van der Waals surface area contributed by atoms with Crippen molar-refractivity contribution in [2.24, 2.45) is 0 Å². The Balaban J connectivity index is 1.50. The zero-order chi connectivity index (χ0) is 24.8. The largest absolute Gasteiger partial charge is 0.341 e. The molecule has 0 aliphatic carbocycles. The lowest BCUT2D eigenvalue weighted by Gasteiger charge is -2.13. The molecule has 9 nitrogen and oxygen atoms in total. The van der Waals surface area contributed by atoms with Crippen LogP contribution in [0.25, 0.3) is 27.8 Å². The van der Waals surface area contributed by atoms with Crippen LogP contribution in [0, 0.1) is 0 Å². The van der Waals surface area contributed by atoms with Crippen LogP contribution in [-0.4, -0.2) is 38.7 Å². The maximum Gasteiger partial charge on any atom is 0.245 e. The third-order valence-electron chi connectivity index (χ3n) is 5.70. The molecule has 0 saturated carbocycles. The third kappa shape index (κ3) is 4.57. The molecular weight excluding hydrogens is 462 g/mol. The molecule has 0 fully saturated rings. The van der Waals surface area contributed by atoms with Crippen molar-refractivity contribution in [1.29, 1.82) is 0 Å². The van der Waals surface area contributed by atoms with Crippen LogP contribution < -0.4 is 10.0 Å². The number of para-hydroxylation sites is 1. The van der Waals surface area contributed by atoms with Crippen LogP contribution in [0.1, 0.15) is 33.5 Å². The molecule has 10 heteroatoms. The Hall–Kier alpha value is -3.92. The molecule has 2 aromatic carbocycles. The molecule has 0 atom stereocenters. The summed E-state index contributed by atoms with van der Waals surface area (Å²) in [5.41, 5.74) is 5.34. The number of hydrogen-bond donors (Lipinski definition) is 3. The summed E-state index contributed by atoms with van der Waals surface area (Å²) in [5.74, 6) is 1.33. The number of aromatic amines is 1. The first-order valence-corrected chi connectivity index (χ1v) is 13.0. The Kier molecular flexibility index (Phi) is 5.47. The van der Waals surface area contributed by atoms with Gasteiger partial charge in [0, 0.05) is 16.7 Å². The van der Waals surface area contributed by atoms with Crippen molar-refractivity contribution < 1.29 is 8.42 Å². The summed E-state index contributed by atoms with van der Waals surface area (Å²) in [6, 6.07) is 16.9. The Morgan fingerprint density at radius 2 is 1.86 bits per heavy atom. The zero-order valence-corrected chi connectivity index (χ0v) is 20.8. The highest BCUT2D eigenvalue weighted by Crippen LogP contribution is 2.30. The molecule has 0 spiro atoms. The first-order chi connectivity index (χ1) is 16.6. The molecule has 5 aromatic rings. The maximum atomic E-state index is 12.2. The highest BCUT2D eigenvalue weighted by atomic mass is 32.2. The predicted octanol–water partition coefficient (Wildman–Crippen LogP) is 5.08. The topological polar surface area (TPSA) is 117 Å². The van der Waals surface area contributed by atoms with Crippen molar-refractivity contribution in [2.75, 3.05) is 15.8 Å². The van der Waals surface area contributed by atoms with Gasteiger partial charge < -0.3 is 10.3 Å². The fraction of sp³-hybridized carbons (Fsp3) is 0.240. The van der Waals surface area contributed by atoms with E-state index in [-0.39, 0.29) is 11.2 Å². The molecule has 0 aliphatic rings. The van der Waals surface area contributed by atoms with Gasteiger partial charge in [0.2, 0.25) is 16.0 Å². The van der Waals surface area contributed by atoms with Crippen molar-refractivity contribution in [3.05, 3.63) is 66.6 Å². The minimum Gasteiger partial charge on any atom is -0.341 e. The number of H-pyrrole nitrogens is 1. The Morgan fingerprint density at radius 1 is 1.06 bits per heavy atom. The number of rotatable bonds is 6. The molecule has 5 rings (SSSR count). The Morgan fingerprint density at radius 3 is 2.63 bits per heavy atom. The van der Waals surface area contributed by atoms with Crippen LogP contribution >= 0.6 is 0 Å². The van der Waals surface area contributed by atoms with Crippen LogP contribution in [0.4, 0.5) is 17.3 Å². The summed E-state index contributed by atoms with van der Waals surface area (Å²) in [5, 5.41) is 7.94. The Bertz CT molecular complexity index is 1650. The molecule has 0 saturated heterocycles. The van der Waals surface area contributed by atoms with E-state index in [2.05, 4.69) is 50.9 Å². The van der Waals surface area contributed by atoms with Crippen LogP contribution in [-0.2, 0) is 15.4 Å². The number of nitrogens with one attached hydrogen (secondary N) is 3. The molecule has 180 valence electrons. The fourth-order valence-electron chi connectivity index (χ4n) is 3.77. The van der Waals surface area contributed by atoms with E-state index in [0.29, 0.717) is 11.6 Å². The van der Waals surface area contributed by atoms with Gasteiger partial charge in [-0.2, -0.15) is 0 Å². The number of imidazole rings is 1.